The Labute approximate surface area is 162 Å². The molecule has 1 aromatic heterocycles. The molecule has 1 N–H and O–H groups in total. The summed E-state index contributed by atoms with van der Waals surface area (Å²) in [4.78, 5) is 16.4. The second-order valence-electron chi connectivity index (χ2n) is 6.56. The number of hydrogen-bond donors (Lipinski definition) is 1. The molecule has 1 heterocycles. The van der Waals surface area contributed by atoms with Crippen molar-refractivity contribution in [2.24, 2.45) is 5.92 Å². The lowest BCUT2D eigenvalue weighted by Crippen LogP contribution is -2.26. The van der Waals surface area contributed by atoms with E-state index >= 15 is 0 Å². The van der Waals surface area contributed by atoms with E-state index in [0.717, 1.165) is 10.4 Å². The first-order valence-corrected chi connectivity index (χ1v) is 11.1. The first-order chi connectivity index (χ1) is 12.8. The molecule has 0 aliphatic heterocycles. The summed E-state index contributed by atoms with van der Waals surface area (Å²) >= 11 is 1.27. The molecule has 1 amide bonds. The van der Waals surface area contributed by atoms with Crippen LogP contribution < -0.4 is 10.1 Å². The molecule has 0 spiro atoms. The average molecular weight is 405 g/mol. The molecule has 0 aliphatic carbocycles. The van der Waals surface area contributed by atoms with Gasteiger partial charge in [-0.3, -0.25) is 4.79 Å². The van der Waals surface area contributed by atoms with E-state index in [-0.39, 0.29) is 11.7 Å². The number of nitrogens with zero attached hydrogens (tertiary/aromatic N) is 1. The Bertz CT molecular complexity index is 1040. The lowest BCUT2D eigenvalue weighted by atomic mass is 10.3. The van der Waals surface area contributed by atoms with E-state index in [4.69, 9.17) is 4.74 Å². The van der Waals surface area contributed by atoms with Gasteiger partial charge in [0.05, 0.1) is 16.0 Å². The van der Waals surface area contributed by atoms with Crippen LogP contribution in [-0.2, 0) is 14.6 Å². The molecular weight excluding hydrogens is 384 g/mol. The minimum Gasteiger partial charge on any atom is -0.457 e. The van der Waals surface area contributed by atoms with Gasteiger partial charge in [0.2, 0.25) is 5.91 Å². The molecule has 0 fully saturated rings. The summed E-state index contributed by atoms with van der Waals surface area (Å²) in [6.45, 7) is 3.61. The predicted molar refractivity (Wildman–Crippen MR) is 108 cm³/mol. The summed E-state index contributed by atoms with van der Waals surface area (Å²) < 4.78 is 30.5. The highest BCUT2D eigenvalue weighted by molar-refractivity contribution is 7.92. The minimum atomic E-state index is -3.43. The number of fused-ring (bicyclic) bond motifs is 1. The van der Waals surface area contributed by atoms with Gasteiger partial charge in [-0.25, -0.2) is 13.4 Å². The number of hydrogen-bond acceptors (Lipinski definition) is 6. The fraction of sp³-hybridized carbons (Fsp3) is 0.263. The van der Waals surface area contributed by atoms with Crippen molar-refractivity contribution in [1.29, 1.82) is 0 Å². The zero-order chi connectivity index (χ0) is 19.4. The van der Waals surface area contributed by atoms with Crippen molar-refractivity contribution in [3.8, 4) is 11.5 Å². The SMILES string of the molecule is CC(C)CS(=O)(=O)CC(=O)Nc1nc2ccc(Oc3ccccc3)cc2s1. The van der Waals surface area contributed by atoms with Crippen molar-refractivity contribution < 1.29 is 17.9 Å². The van der Waals surface area contributed by atoms with Crippen LogP contribution in [0.4, 0.5) is 5.13 Å². The van der Waals surface area contributed by atoms with Crippen molar-refractivity contribution >= 4 is 42.4 Å². The molecule has 0 saturated heterocycles. The number of anilines is 1. The molecule has 0 unspecified atom stereocenters. The van der Waals surface area contributed by atoms with Crippen molar-refractivity contribution in [1.82, 2.24) is 4.98 Å². The molecule has 2 aromatic carbocycles. The van der Waals surface area contributed by atoms with Gasteiger partial charge in [-0.15, -0.1) is 0 Å². The number of carbonyl (C=O) groups is 1. The normalized spacial score (nSPS) is 11.7. The molecule has 0 bridgehead atoms. The summed E-state index contributed by atoms with van der Waals surface area (Å²) in [7, 11) is -3.43. The van der Waals surface area contributed by atoms with Crippen molar-refractivity contribution in [2.45, 2.75) is 13.8 Å². The second kappa shape index (κ2) is 8.06. The number of carbonyl (C=O) groups excluding carboxylic acids is 1. The smallest absolute Gasteiger partial charge is 0.241 e. The summed E-state index contributed by atoms with van der Waals surface area (Å²) in [6, 6.07) is 14.9. The Morgan fingerprint density at radius 3 is 2.59 bits per heavy atom. The number of thiazole rings is 1. The van der Waals surface area contributed by atoms with Crippen molar-refractivity contribution in [3.05, 3.63) is 48.5 Å². The quantitative estimate of drug-likeness (QED) is 0.641. The Morgan fingerprint density at radius 2 is 1.89 bits per heavy atom. The molecule has 6 nitrogen and oxygen atoms in total. The van der Waals surface area contributed by atoms with Gasteiger partial charge in [-0.1, -0.05) is 43.4 Å². The summed E-state index contributed by atoms with van der Waals surface area (Å²) in [5, 5.41) is 2.95. The lowest BCUT2D eigenvalue weighted by Gasteiger charge is -2.06. The summed E-state index contributed by atoms with van der Waals surface area (Å²) in [6.07, 6.45) is 0. The van der Waals surface area contributed by atoms with Crippen LogP contribution in [0.5, 0.6) is 11.5 Å². The number of aromatic nitrogens is 1. The largest absolute Gasteiger partial charge is 0.457 e. The first kappa shape index (κ1) is 19.3. The Kier molecular flexibility index (Phi) is 5.76. The van der Waals surface area contributed by atoms with Gasteiger partial charge in [0.1, 0.15) is 17.3 Å². The first-order valence-electron chi connectivity index (χ1n) is 8.44. The van der Waals surface area contributed by atoms with Crippen LogP contribution in [0.2, 0.25) is 0 Å². The molecular formula is C19H20N2O4S2. The van der Waals surface area contributed by atoms with E-state index in [9.17, 15) is 13.2 Å². The van der Waals surface area contributed by atoms with Crippen molar-refractivity contribution in [2.75, 3.05) is 16.8 Å². The van der Waals surface area contributed by atoms with Crippen molar-refractivity contribution in [3.63, 3.8) is 0 Å². The third-order valence-electron chi connectivity index (χ3n) is 3.52. The zero-order valence-electron chi connectivity index (χ0n) is 15.0. The standard InChI is InChI=1S/C19H20N2O4S2/c1-13(2)11-27(23,24)12-18(22)21-19-20-16-9-8-15(10-17(16)26-19)25-14-6-4-3-5-7-14/h3-10,13H,11-12H2,1-2H3,(H,20,21,22). The predicted octanol–water partition coefficient (Wildman–Crippen LogP) is 4.10. The van der Waals surface area contributed by atoms with E-state index in [1.54, 1.807) is 26.0 Å². The molecule has 0 radical (unpaired) electrons. The molecule has 3 aromatic rings. The van der Waals surface area contributed by atoms with E-state index in [0.29, 0.717) is 16.4 Å². The number of amides is 1. The van der Waals surface area contributed by atoms with Crippen LogP contribution in [0.15, 0.2) is 48.5 Å². The highest BCUT2D eigenvalue weighted by atomic mass is 32.2. The van der Waals surface area contributed by atoms with E-state index in [1.165, 1.54) is 11.3 Å². The molecule has 8 heteroatoms. The highest BCUT2D eigenvalue weighted by Gasteiger charge is 2.19. The van der Waals surface area contributed by atoms with Gasteiger partial charge in [-0.05, 0) is 30.2 Å². The molecule has 27 heavy (non-hydrogen) atoms. The Hall–Kier alpha value is -2.45. The van der Waals surface area contributed by atoms with Gasteiger partial charge in [0.15, 0.2) is 15.0 Å². The van der Waals surface area contributed by atoms with Gasteiger partial charge in [0.25, 0.3) is 0 Å². The Morgan fingerprint density at radius 1 is 1.15 bits per heavy atom. The molecule has 0 saturated carbocycles. The van der Waals surface area contributed by atoms with Gasteiger partial charge >= 0.3 is 0 Å². The van der Waals surface area contributed by atoms with Crippen LogP contribution in [0.25, 0.3) is 10.2 Å². The number of rotatable bonds is 7. The average Bonchev–Trinajstić information content (AvgIpc) is 2.95. The Balaban J connectivity index is 1.70. The maximum Gasteiger partial charge on any atom is 0.241 e. The summed E-state index contributed by atoms with van der Waals surface area (Å²) in [5.74, 6) is 0.243. The second-order valence-corrected chi connectivity index (χ2v) is 9.70. The maximum absolute atomic E-state index is 12.0. The topological polar surface area (TPSA) is 85.4 Å². The molecule has 0 atom stereocenters. The van der Waals surface area contributed by atoms with Crippen LogP contribution in [0, 0.1) is 5.92 Å². The van der Waals surface area contributed by atoms with E-state index in [1.807, 2.05) is 36.4 Å². The number of ether oxygens (including phenoxy) is 1. The highest BCUT2D eigenvalue weighted by Crippen LogP contribution is 2.31. The molecule has 3 rings (SSSR count). The van der Waals surface area contributed by atoms with Gasteiger partial charge < -0.3 is 10.1 Å². The number of benzene rings is 2. The maximum atomic E-state index is 12.0. The number of sulfone groups is 1. The lowest BCUT2D eigenvalue weighted by molar-refractivity contribution is -0.113. The van der Waals surface area contributed by atoms with Crippen LogP contribution >= 0.6 is 11.3 Å². The number of para-hydroxylation sites is 1. The summed E-state index contributed by atoms with van der Waals surface area (Å²) in [5.41, 5.74) is 0.709. The molecule has 0 aliphatic rings. The third kappa shape index (κ3) is 5.51. The van der Waals surface area contributed by atoms with Gasteiger partial charge in [-0.2, -0.15) is 0 Å². The zero-order valence-corrected chi connectivity index (χ0v) is 16.6. The fourth-order valence-corrected chi connectivity index (χ4v) is 5.08. The number of nitrogens with one attached hydrogen (secondary N) is 1. The van der Waals surface area contributed by atoms with E-state index < -0.39 is 21.5 Å². The fourth-order valence-electron chi connectivity index (χ4n) is 2.57. The van der Waals surface area contributed by atoms with Crippen LogP contribution in [-0.4, -0.2) is 30.8 Å². The van der Waals surface area contributed by atoms with Crippen LogP contribution in [0.1, 0.15) is 13.8 Å². The molecule has 142 valence electrons. The van der Waals surface area contributed by atoms with Gasteiger partial charge in [0, 0.05) is 6.07 Å². The van der Waals surface area contributed by atoms with E-state index in [2.05, 4.69) is 10.3 Å². The van der Waals surface area contributed by atoms with Crippen LogP contribution in [0.3, 0.4) is 0 Å². The third-order valence-corrected chi connectivity index (χ3v) is 6.33. The monoisotopic (exact) mass is 404 g/mol. The minimum absolute atomic E-state index is 0.0134.